The SMILES string of the molecule is CC(C)CCNC(=O)NC(=O)COC(=O)c1ccc(CNC(=O)NC(C)C)cc1. The smallest absolute Gasteiger partial charge is 0.338 e. The fourth-order valence-electron chi connectivity index (χ4n) is 2.15. The topological polar surface area (TPSA) is 126 Å². The van der Waals surface area contributed by atoms with Gasteiger partial charge in [0.2, 0.25) is 0 Å². The number of ether oxygens (including phenoxy) is 1. The van der Waals surface area contributed by atoms with Gasteiger partial charge in [0.05, 0.1) is 5.56 Å². The average Bonchev–Trinajstić information content (AvgIpc) is 2.64. The zero-order chi connectivity index (χ0) is 21.8. The average molecular weight is 406 g/mol. The minimum atomic E-state index is -0.711. The highest BCUT2D eigenvalue weighted by Crippen LogP contribution is 2.06. The van der Waals surface area contributed by atoms with Gasteiger partial charge < -0.3 is 20.7 Å². The molecule has 4 N–H and O–H groups in total. The summed E-state index contributed by atoms with van der Waals surface area (Å²) in [4.78, 5) is 46.8. The molecule has 9 nitrogen and oxygen atoms in total. The Labute approximate surface area is 170 Å². The fraction of sp³-hybridized carbons (Fsp3) is 0.500. The van der Waals surface area contributed by atoms with Gasteiger partial charge in [-0.2, -0.15) is 0 Å². The van der Waals surface area contributed by atoms with Crippen LogP contribution >= 0.6 is 0 Å². The molecule has 29 heavy (non-hydrogen) atoms. The second kappa shape index (κ2) is 12.4. The normalized spacial score (nSPS) is 10.4. The highest BCUT2D eigenvalue weighted by atomic mass is 16.5. The molecule has 9 heteroatoms. The molecule has 0 bridgehead atoms. The third-order valence-electron chi connectivity index (χ3n) is 3.66. The number of urea groups is 2. The molecule has 0 aliphatic rings. The number of hydrogen-bond acceptors (Lipinski definition) is 5. The molecule has 1 rings (SSSR count). The van der Waals surface area contributed by atoms with E-state index in [1.807, 2.05) is 27.7 Å². The van der Waals surface area contributed by atoms with Crippen molar-refractivity contribution in [1.82, 2.24) is 21.3 Å². The Kier molecular flexibility index (Phi) is 10.2. The van der Waals surface area contributed by atoms with Crippen molar-refractivity contribution in [3.05, 3.63) is 35.4 Å². The van der Waals surface area contributed by atoms with Crippen molar-refractivity contribution in [3.8, 4) is 0 Å². The van der Waals surface area contributed by atoms with E-state index in [-0.39, 0.29) is 17.6 Å². The number of benzene rings is 1. The minimum Gasteiger partial charge on any atom is -0.452 e. The molecule has 0 heterocycles. The largest absolute Gasteiger partial charge is 0.452 e. The summed E-state index contributed by atoms with van der Waals surface area (Å²) < 4.78 is 4.90. The molecule has 0 spiro atoms. The molecule has 0 radical (unpaired) electrons. The summed E-state index contributed by atoms with van der Waals surface area (Å²) in [6.45, 7) is 7.97. The van der Waals surface area contributed by atoms with Crippen molar-refractivity contribution < 1.29 is 23.9 Å². The van der Waals surface area contributed by atoms with Crippen LogP contribution in [0.3, 0.4) is 0 Å². The molecule has 5 amide bonds. The Hall–Kier alpha value is -3.10. The van der Waals surface area contributed by atoms with E-state index >= 15 is 0 Å². The van der Waals surface area contributed by atoms with Gasteiger partial charge >= 0.3 is 18.0 Å². The molecule has 0 saturated carbocycles. The van der Waals surface area contributed by atoms with Crippen LogP contribution in [-0.4, -0.2) is 43.1 Å². The summed E-state index contributed by atoms with van der Waals surface area (Å²) >= 11 is 0. The van der Waals surface area contributed by atoms with Gasteiger partial charge in [0, 0.05) is 19.1 Å². The number of carbonyl (C=O) groups is 4. The highest BCUT2D eigenvalue weighted by Gasteiger charge is 2.12. The van der Waals surface area contributed by atoms with E-state index in [0.717, 1.165) is 12.0 Å². The Morgan fingerprint density at radius 2 is 1.59 bits per heavy atom. The predicted octanol–water partition coefficient (Wildman–Crippen LogP) is 1.92. The summed E-state index contributed by atoms with van der Waals surface area (Å²) in [5, 5.41) is 10.1. The molecule has 0 aliphatic heterocycles. The van der Waals surface area contributed by atoms with Gasteiger partial charge in [-0.25, -0.2) is 14.4 Å². The fourth-order valence-corrected chi connectivity index (χ4v) is 2.15. The van der Waals surface area contributed by atoms with Crippen LogP contribution in [0.4, 0.5) is 9.59 Å². The van der Waals surface area contributed by atoms with Gasteiger partial charge in [-0.15, -0.1) is 0 Å². The highest BCUT2D eigenvalue weighted by molar-refractivity contribution is 5.97. The van der Waals surface area contributed by atoms with Gasteiger partial charge in [0.15, 0.2) is 6.61 Å². The summed E-state index contributed by atoms with van der Waals surface area (Å²) in [7, 11) is 0. The van der Waals surface area contributed by atoms with Crippen molar-refractivity contribution in [2.45, 2.75) is 46.7 Å². The van der Waals surface area contributed by atoms with Crippen LogP contribution in [0.2, 0.25) is 0 Å². The molecule has 1 aromatic carbocycles. The van der Waals surface area contributed by atoms with Crippen LogP contribution in [-0.2, 0) is 16.1 Å². The van der Waals surface area contributed by atoms with Crippen molar-refractivity contribution in [3.63, 3.8) is 0 Å². The minimum absolute atomic E-state index is 0.0375. The van der Waals surface area contributed by atoms with Crippen LogP contribution in [0.25, 0.3) is 0 Å². The van der Waals surface area contributed by atoms with Gasteiger partial charge in [-0.1, -0.05) is 26.0 Å². The van der Waals surface area contributed by atoms with E-state index in [0.29, 0.717) is 19.0 Å². The van der Waals surface area contributed by atoms with Gasteiger partial charge in [-0.05, 0) is 43.9 Å². The third-order valence-corrected chi connectivity index (χ3v) is 3.66. The molecule has 0 unspecified atom stereocenters. The van der Waals surface area contributed by atoms with Crippen LogP contribution in [0.1, 0.15) is 50.0 Å². The lowest BCUT2D eigenvalue weighted by molar-refractivity contribution is -0.123. The maximum absolute atomic E-state index is 12.0. The number of hydrogen-bond donors (Lipinski definition) is 4. The number of amides is 5. The first kappa shape index (κ1) is 23.9. The molecule has 0 saturated heterocycles. The van der Waals surface area contributed by atoms with E-state index < -0.39 is 24.5 Å². The number of esters is 1. The van der Waals surface area contributed by atoms with Gasteiger partial charge in [-0.3, -0.25) is 10.1 Å². The molecule has 0 aromatic heterocycles. The van der Waals surface area contributed by atoms with E-state index in [1.165, 1.54) is 12.1 Å². The van der Waals surface area contributed by atoms with E-state index in [1.54, 1.807) is 12.1 Å². The number of carbonyl (C=O) groups excluding carboxylic acids is 4. The Balaban J connectivity index is 2.36. The van der Waals surface area contributed by atoms with Gasteiger partial charge in [0.1, 0.15) is 0 Å². The van der Waals surface area contributed by atoms with Crippen molar-refractivity contribution in [2.24, 2.45) is 5.92 Å². The zero-order valence-electron chi connectivity index (χ0n) is 17.3. The van der Waals surface area contributed by atoms with Crippen LogP contribution in [0.5, 0.6) is 0 Å². The Bertz CT molecular complexity index is 701. The molecule has 0 fully saturated rings. The summed E-state index contributed by atoms with van der Waals surface area (Å²) in [6, 6.07) is 5.57. The van der Waals surface area contributed by atoms with Crippen LogP contribution in [0, 0.1) is 5.92 Å². The predicted molar refractivity (Wildman–Crippen MR) is 108 cm³/mol. The number of nitrogens with one attached hydrogen (secondary N) is 4. The standard InChI is InChI=1S/C20H30N4O5/c1-13(2)9-10-21-19(27)24-17(25)12-29-18(26)16-7-5-15(6-8-16)11-22-20(28)23-14(3)4/h5-8,13-14H,9-12H2,1-4H3,(H2,22,23,28)(H2,21,24,25,27). The number of imide groups is 1. The van der Waals surface area contributed by atoms with Crippen molar-refractivity contribution in [1.29, 1.82) is 0 Å². The first-order valence-corrected chi connectivity index (χ1v) is 9.55. The number of rotatable bonds is 9. The van der Waals surface area contributed by atoms with E-state index in [4.69, 9.17) is 4.74 Å². The first-order valence-electron chi connectivity index (χ1n) is 9.55. The Morgan fingerprint density at radius 3 is 2.17 bits per heavy atom. The summed E-state index contributed by atoms with van der Waals surface area (Å²) in [5.41, 5.74) is 1.06. The van der Waals surface area contributed by atoms with Crippen molar-refractivity contribution >= 4 is 23.9 Å². The lowest BCUT2D eigenvalue weighted by Crippen LogP contribution is -2.41. The van der Waals surface area contributed by atoms with Crippen LogP contribution < -0.4 is 21.3 Å². The maximum atomic E-state index is 12.0. The Morgan fingerprint density at radius 1 is 0.931 bits per heavy atom. The summed E-state index contributed by atoms with van der Waals surface area (Å²) in [6.07, 6.45) is 0.796. The molecule has 0 aliphatic carbocycles. The molecule has 0 atom stereocenters. The van der Waals surface area contributed by atoms with Crippen molar-refractivity contribution in [2.75, 3.05) is 13.2 Å². The second-order valence-electron chi connectivity index (χ2n) is 7.24. The molecular weight excluding hydrogens is 376 g/mol. The molecule has 1 aromatic rings. The lowest BCUT2D eigenvalue weighted by Gasteiger charge is -2.10. The van der Waals surface area contributed by atoms with Crippen LogP contribution in [0.15, 0.2) is 24.3 Å². The van der Waals surface area contributed by atoms with E-state index in [2.05, 4.69) is 21.3 Å². The van der Waals surface area contributed by atoms with Gasteiger partial charge in [0.25, 0.3) is 5.91 Å². The second-order valence-corrected chi connectivity index (χ2v) is 7.24. The van der Waals surface area contributed by atoms with E-state index in [9.17, 15) is 19.2 Å². The summed E-state index contributed by atoms with van der Waals surface area (Å²) in [5.74, 6) is -0.957. The molecular formula is C20H30N4O5. The monoisotopic (exact) mass is 406 g/mol. The first-order chi connectivity index (χ1) is 13.7. The zero-order valence-corrected chi connectivity index (χ0v) is 17.3. The molecule has 160 valence electrons. The third kappa shape index (κ3) is 10.7. The quantitative estimate of drug-likeness (QED) is 0.466. The maximum Gasteiger partial charge on any atom is 0.338 e. The lowest BCUT2D eigenvalue weighted by atomic mass is 10.1.